The molecule has 1 aromatic rings. The van der Waals surface area contributed by atoms with E-state index in [0.29, 0.717) is 16.5 Å². The fourth-order valence-corrected chi connectivity index (χ4v) is 2.02. The summed E-state index contributed by atoms with van der Waals surface area (Å²) >= 11 is 9.16. The second kappa shape index (κ2) is 7.65. The zero-order valence-electron chi connectivity index (χ0n) is 10.1. The van der Waals surface area contributed by atoms with Gasteiger partial charge in [0.15, 0.2) is 0 Å². The van der Waals surface area contributed by atoms with E-state index in [-0.39, 0.29) is 23.8 Å². The first-order valence-corrected chi connectivity index (χ1v) is 6.95. The Morgan fingerprint density at radius 1 is 1.47 bits per heavy atom. The highest BCUT2D eigenvalue weighted by molar-refractivity contribution is 9.08. The lowest BCUT2D eigenvalue weighted by Crippen LogP contribution is -2.09. The minimum Gasteiger partial charge on any atom is -0.466 e. The van der Waals surface area contributed by atoms with E-state index in [1.54, 1.807) is 13.0 Å². The second-order valence-electron chi connectivity index (χ2n) is 3.56. The summed E-state index contributed by atoms with van der Waals surface area (Å²) in [5.74, 6) is -0.618. The molecule has 0 saturated carbocycles. The molecule has 0 aromatic heterocycles. The number of rotatable bonds is 6. The van der Waals surface area contributed by atoms with Gasteiger partial charge in [-0.25, -0.2) is 0 Å². The maximum absolute atomic E-state index is 12.3. The van der Waals surface area contributed by atoms with Gasteiger partial charge in [0, 0.05) is 5.33 Å². The summed E-state index contributed by atoms with van der Waals surface area (Å²) in [4.78, 5) is 11.4. The molecule has 0 aliphatic heterocycles. The Morgan fingerprint density at radius 2 is 2.16 bits per heavy atom. The third-order valence-corrected chi connectivity index (χ3v) is 3.26. The van der Waals surface area contributed by atoms with Gasteiger partial charge >= 0.3 is 12.6 Å². The second-order valence-corrected chi connectivity index (χ2v) is 4.50. The Balaban J connectivity index is 3.04. The molecule has 0 N–H and O–H groups in total. The van der Waals surface area contributed by atoms with E-state index in [1.165, 1.54) is 6.07 Å². The lowest BCUT2D eigenvalue weighted by atomic mass is 10.1. The number of hydrogen-bond donors (Lipinski definition) is 0. The van der Waals surface area contributed by atoms with Crippen LogP contribution in [-0.4, -0.2) is 19.2 Å². The van der Waals surface area contributed by atoms with Crippen LogP contribution in [0.25, 0.3) is 0 Å². The van der Waals surface area contributed by atoms with Crippen molar-refractivity contribution >= 4 is 33.5 Å². The van der Waals surface area contributed by atoms with E-state index in [0.717, 1.165) is 0 Å². The van der Waals surface area contributed by atoms with Crippen LogP contribution >= 0.6 is 27.5 Å². The van der Waals surface area contributed by atoms with Crippen LogP contribution < -0.4 is 4.74 Å². The first kappa shape index (κ1) is 16.2. The molecule has 0 amide bonds. The zero-order chi connectivity index (χ0) is 14.4. The molecule has 1 rings (SSSR count). The Bertz CT molecular complexity index is 455. The van der Waals surface area contributed by atoms with Gasteiger partial charge < -0.3 is 9.47 Å². The normalized spacial score (nSPS) is 10.6. The Hall–Kier alpha value is -0.880. The van der Waals surface area contributed by atoms with Crippen LogP contribution in [0.2, 0.25) is 5.02 Å². The van der Waals surface area contributed by atoms with Crippen molar-refractivity contribution in [2.45, 2.75) is 25.3 Å². The molecule has 7 heteroatoms. The van der Waals surface area contributed by atoms with E-state index < -0.39 is 12.6 Å². The van der Waals surface area contributed by atoms with E-state index >= 15 is 0 Å². The molecule has 0 spiro atoms. The zero-order valence-corrected chi connectivity index (χ0v) is 12.4. The van der Waals surface area contributed by atoms with Crippen molar-refractivity contribution < 1.29 is 23.0 Å². The van der Waals surface area contributed by atoms with Crippen LogP contribution in [0.5, 0.6) is 5.75 Å². The van der Waals surface area contributed by atoms with Crippen molar-refractivity contribution in [2.75, 3.05) is 6.61 Å². The number of ether oxygens (including phenoxy) is 2. The number of carbonyl (C=O) groups excluding carboxylic acids is 1. The molecule has 0 atom stereocenters. The van der Waals surface area contributed by atoms with Crippen molar-refractivity contribution in [3.8, 4) is 5.75 Å². The highest BCUT2D eigenvalue weighted by Gasteiger charge is 2.16. The smallest absolute Gasteiger partial charge is 0.387 e. The molecule has 0 heterocycles. The molecule has 0 unspecified atom stereocenters. The summed E-state index contributed by atoms with van der Waals surface area (Å²) in [5.41, 5.74) is 1.08. The number of alkyl halides is 3. The molecular weight excluding hydrogens is 345 g/mol. The maximum atomic E-state index is 12.3. The Labute approximate surface area is 123 Å². The van der Waals surface area contributed by atoms with Gasteiger partial charge in [-0.15, -0.1) is 0 Å². The van der Waals surface area contributed by atoms with Gasteiger partial charge in [-0.1, -0.05) is 33.6 Å². The van der Waals surface area contributed by atoms with Crippen LogP contribution in [0.15, 0.2) is 12.1 Å². The Morgan fingerprint density at radius 3 is 2.68 bits per heavy atom. The molecule has 106 valence electrons. The summed E-state index contributed by atoms with van der Waals surface area (Å²) in [5, 5.41) is 0.428. The molecule has 3 nitrogen and oxygen atoms in total. The monoisotopic (exact) mass is 356 g/mol. The topological polar surface area (TPSA) is 35.5 Å². The van der Waals surface area contributed by atoms with Gasteiger partial charge in [-0.05, 0) is 24.1 Å². The van der Waals surface area contributed by atoms with Gasteiger partial charge in [0.05, 0.1) is 18.1 Å². The third-order valence-electron chi connectivity index (χ3n) is 2.18. The van der Waals surface area contributed by atoms with E-state index in [2.05, 4.69) is 20.7 Å². The molecule has 19 heavy (non-hydrogen) atoms. The van der Waals surface area contributed by atoms with Gasteiger partial charge in [0.25, 0.3) is 0 Å². The van der Waals surface area contributed by atoms with Crippen LogP contribution in [0.4, 0.5) is 8.78 Å². The molecule has 0 radical (unpaired) electrons. The van der Waals surface area contributed by atoms with Crippen molar-refractivity contribution in [1.29, 1.82) is 0 Å². The number of halogens is 4. The predicted octanol–water partition coefficient (Wildman–Crippen LogP) is 3.94. The molecule has 1 aromatic carbocycles. The number of hydrogen-bond acceptors (Lipinski definition) is 3. The predicted molar refractivity (Wildman–Crippen MR) is 71.1 cm³/mol. The van der Waals surface area contributed by atoms with E-state index in [9.17, 15) is 13.6 Å². The summed E-state index contributed by atoms with van der Waals surface area (Å²) < 4.78 is 33.7. The minimum absolute atomic E-state index is 0.00180. The lowest BCUT2D eigenvalue weighted by molar-refractivity contribution is -0.142. The Kier molecular flexibility index (Phi) is 6.51. The highest BCUT2D eigenvalue weighted by atomic mass is 79.9. The number of benzene rings is 1. The molecule has 0 bridgehead atoms. The largest absolute Gasteiger partial charge is 0.466 e. The minimum atomic E-state index is -2.97. The first-order chi connectivity index (χ1) is 8.97. The van der Waals surface area contributed by atoms with Crippen molar-refractivity contribution in [1.82, 2.24) is 0 Å². The average Bonchev–Trinajstić information content (AvgIpc) is 2.33. The van der Waals surface area contributed by atoms with Crippen LogP contribution in [0.1, 0.15) is 18.1 Å². The molecular formula is C12H12BrClF2O3. The highest BCUT2D eigenvalue weighted by Crippen LogP contribution is 2.32. The van der Waals surface area contributed by atoms with Crippen molar-refractivity contribution in [2.24, 2.45) is 0 Å². The number of esters is 1. The fourth-order valence-electron chi connectivity index (χ4n) is 1.47. The van der Waals surface area contributed by atoms with Gasteiger partial charge in [-0.3, -0.25) is 4.79 Å². The van der Waals surface area contributed by atoms with Crippen LogP contribution in [-0.2, 0) is 21.3 Å². The van der Waals surface area contributed by atoms with Crippen LogP contribution in [0, 0.1) is 0 Å². The van der Waals surface area contributed by atoms with Gasteiger partial charge in [-0.2, -0.15) is 8.78 Å². The molecule has 0 fully saturated rings. The summed E-state index contributed by atoms with van der Waals surface area (Å²) in [6, 6.07) is 3.05. The average molecular weight is 358 g/mol. The lowest BCUT2D eigenvalue weighted by Gasteiger charge is -2.12. The molecule has 0 saturated heterocycles. The summed E-state index contributed by atoms with van der Waals surface area (Å²) in [6.07, 6.45) is -0.0902. The molecule has 0 aliphatic rings. The van der Waals surface area contributed by atoms with Crippen molar-refractivity contribution in [3.05, 3.63) is 28.3 Å². The SMILES string of the molecule is CCOC(=O)Cc1cc(CBr)cc(OC(F)F)c1Cl. The van der Waals surface area contributed by atoms with Gasteiger partial charge in [0.2, 0.25) is 0 Å². The van der Waals surface area contributed by atoms with Crippen molar-refractivity contribution in [3.63, 3.8) is 0 Å². The third kappa shape index (κ3) is 4.95. The van der Waals surface area contributed by atoms with E-state index in [4.69, 9.17) is 16.3 Å². The summed E-state index contributed by atoms with van der Waals surface area (Å²) in [6.45, 7) is -1.05. The standard InChI is InChI=1S/C12H12BrClF2O3/c1-2-18-10(17)5-8-3-7(6-13)4-9(11(8)14)19-12(15)16/h3-4,12H,2,5-6H2,1H3. The van der Waals surface area contributed by atoms with Gasteiger partial charge in [0.1, 0.15) is 5.75 Å². The fraction of sp³-hybridized carbons (Fsp3) is 0.417. The van der Waals surface area contributed by atoms with E-state index in [1.807, 2.05) is 0 Å². The van der Waals surface area contributed by atoms with Crippen LogP contribution in [0.3, 0.4) is 0 Å². The number of carbonyl (C=O) groups is 1. The first-order valence-electron chi connectivity index (χ1n) is 5.45. The summed E-state index contributed by atoms with van der Waals surface area (Å²) in [7, 11) is 0. The quantitative estimate of drug-likeness (QED) is 0.571. The molecule has 0 aliphatic carbocycles. The maximum Gasteiger partial charge on any atom is 0.387 e.